The monoisotopic (exact) mass is 371 g/mol. The fraction of sp³-hybridized carbons (Fsp3) is 0.588. The van der Waals surface area contributed by atoms with Crippen molar-refractivity contribution in [2.24, 2.45) is 0 Å². The number of sulfonamides is 1. The summed E-state index contributed by atoms with van der Waals surface area (Å²) in [6, 6.07) is 6.57. The highest BCUT2D eigenvalue weighted by atomic mass is 32.2. The van der Waals surface area contributed by atoms with E-state index in [0.29, 0.717) is 0 Å². The number of nitrogens with one attached hydrogen (secondary N) is 1. The molecule has 24 heavy (non-hydrogen) atoms. The number of rotatable bonds is 6. The molecule has 0 radical (unpaired) electrons. The number of hydrogen-bond acceptors (Lipinski definition) is 4. The van der Waals surface area contributed by atoms with Gasteiger partial charge in [0.05, 0.1) is 19.6 Å². The van der Waals surface area contributed by atoms with Crippen LogP contribution in [0.15, 0.2) is 29.2 Å². The molecule has 0 amide bonds. The number of ether oxygens (including phenoxy) is 1. The Bertz CT molecular complexity index is 676. The molecule has 0 saturated heterocycles. The maximum atomic E-state index is 12.7. The van der Waals surface area contributed by atoms with Gasteiger partial charge in [-0.3, -0.25) is 4.79 Å². The van der Waals surface area contributed by atoms with Gasteiger partial charge in [-0.05, 0) is 31.0 Å². The first-order valence-electron chi connectivity index (χ1n) is 8.08. The molecular formula is C17H29NO4SSi. The van der Waals surface area contributed by atoms with Crippen LogP contribution in [0.2, 0.25) is 18.1 Å². The van der Waals surface area contributed by atoms with Gasteiger partial charge in [-0.1, -0.05) is 51.6 Å². The van der Waals surface area contributed by atoms with Crippen LogP contribution in [0.3, 0.4) is 0 Å². The SMILES string of the molecule is CCOC(=O)C(NS(=O)(=O)c1ccc(C)cc1)[Si](C)(C)C(C)(C)C. The Balaban J connectivity index is 3.26. The Morgan fingerprint density at radius 2 is 1.71 bits per heavy atom. The third-order valence-corrected chi connectivity index (χ3v) is 12.1. The summed E-state index contributed by atoms with van der Waals surface area (Å²) in [5.74, 6) is -0.500. The van der Waals surface area contributed by atoms with Crippen molar-refractivity contribution in [2.75, 3.05) is 6.61 Å². The Labute approximate surface area is 146 Å². The predicted octanol–water partition coefficient (Wildman–Crippen LogP) is 3.25. The van der Waals surface area contributed by atoms with Gasteiger partial charge >= 0.3 is 5.97 Å². The zero-order chi connectivity index (χ0) is 18.8. The van der Waals surface area contributed by atoms with Gasteiger partial charge < -0.3 is 4.74 Å². The number of aryl methyl sites for hydroxylation is 1. The molecule has 0 spiro atoms. The third-order valence-electron chi connectivity index (χ3n) is 4.78. The average molecular weight is 372 g/mol. The molecule has 1 unspecified atom stereocenters. The van der Waals surface area contributed by atoms with Crippen LogP contribution in [0.4, 0.5) is 0 Å². The second-order valence-electron chi connectivity index (χ2n) is 7.59. The lowest BCUT2D eigenvalue weighted by Gasteiger charge is -2.41. The third kappa shape index (κ3) is 4.68. The molecule has 0 aliphatic heterocycles. The van der Waals surface area contributed by atoms with Crippen molar-refractivity contribution in [3.05, 3.63) is 29.8 Å². The zero-order valence-electron chi connectivity index (χ0n) is 15.6. The van der Waals surface area contributed by atoms with Crippen LogP contribution < -0.4 is 4.72 Å². The number of benzene rings is 1. The van der Waals surface area contributed by atoms with Crippen LogP contribution in [0.5, 0.6) is 0 Å². The number of carbonyl (C=O) groups is 1. The summed E-state index contributed by atoms with van der Waals surface area (Å²) in [4.78, 5) is 12.6. The minimum absolute atomic E-state index is 0.154. The van der Waals surface area contributed by atoms with Crippen molar-refractivity contribution < 1.29 is 17.9 Å². The van der Waals surface area contributed by atoms with Gasteiger partial charge in [0.2, 0.25) is 10.0 Å². The molecule has 5 nitrogen and oxygen atoms in total. The Kier molecular flexibility index (Phi) is 6.41. The highest BCUT2D eigenvalue weighted by Crippen LogP contribution is 2.38. The summed E-state index contributed by atoms with van der Waals surface area (Å²) in [6.07, 6.45) is 0. The molecule has 0 heterocycles. The summed E-state index contributed by atoms with van der Waals surface area (Å²) in [6.45, 7) is 13.9. The molecule has 0 aliphatic rings. The molecule has 136 valence electrons. The standard InChI is InChI=1S/C17H29NO4SSi/c1-8-22-16(19)15(24(6,7)17(3,4)5)18-23(20,21)14-11-9-13(2)10-12-14/h9-12,15,18H,8H2,1-7H3. The lowest BCUT2D eigenvalue weighted by Crippen LogP contribution is -2.61. The van der Waals surface area contributed by atoms with Crippen LogP contribution in [0.25, 0.3) is 0 Å². The first kappa shape index (κ1) is 20.9. The molecule has 1 N–H and O–H groups in total. The number of carbonyl (C=O) groups excluding carboxylic acids is 1. The Morgan fingerprint density at radius 3 is 2.12 bits per heavy atom. The summed E-state index contributed by atoms with van der Waals surface area (Å²) in [5.41, 5.74) is 0.129. The lowest BCUT2D eigenvalue weighted by atomic mass is 10.2. The van der Waals surface area contributed by atoms with Crippen LogP contribution in [-0.4, -0.2) is 34.7 Å². The van der Waals surface area contributed by atoms with Gasteiger partial charge in [0.1, 0.15) is 5.67 Å². The average Bonchev–Trinajstić information content (AvgIpc) is 2.44. The first-order chi connectivity index (χ1) is 10.8. The van der Waals surface area contributed by atoms with Gasteiger partial charge in [-0.25, -0.2) is 8.42 Å². The molecule has 0 aromatic heterocycles. The highest BCUT2D eigenvalue weighted by molar-refractivity contribution is 7.89. The molecular weight excluding hydrogens is 342 g/mol. The minimum atomic E-state index is -3.80. The minimum Gasteiger partial charge on any atom is -0.465 e. The maximum absolute atomic E-state index is 12.7. The molecule has 1 aromatic carbocycles. The molecule has 0 aliphatic carbocycles. The van der Waals surface area contributed by atoms with E-state index in [2.05, 4.69) is 4.72 Å². The molecule has 7 heteroatoms. The van der Waals surface area contributed by atoms with Crippen molar-refractivity contribution in [3.63, 3.8) is 0 Å². The Morgan fingerprint density at radius 1 is 1.21 bits per heavy atom. The van der Waals surface area contributed by atoms with E-state index < -0.39 is 29.7 Å². The topological polar surface area (TPSA) is 72.5 Å². The van der Waals surface area contributed by atoms with E-state index in [1.807, 2.05) is 40.8 Å². The summed E-state index contributed by atoms with van der Waals surface area (Å²) < 4.78 is 33.3. The summed E-state index contributed by atoms with van der Waals surface area (Å²) >= 11 is 0. The van der Waals surface area contributed by atoms with Crippen molar-refractivity contribution in [1.29, 1.82) is 0 Å². The lowest BCUT2D eigenvalue weighted by molar-refractivity contribution is -0.143. The van der Waals surface area contributed by atoms with Gasteiger partial charge in [0.25, 0.3) is 0 Å². The fourth-order valence-corrected chi connectivity index (χ4v) is 6.31. The van der Waals surface area contributed by atoms with Crippen LogP contribution in [0.1, 0.15) is 33.3 Å². The number of esters is 1. The van der Waals surface area contributed by atoms with Gasteiger partial charge in [0.15, 0.2) is 0 Å². The second kappa shape index (κ2) is 7.37. The van der Waals surface area contributed by atoms with Crippen LogP contribution in [-0.2, 0) is 19.6 Å². The van der Waals surface area contributed by atoms with E-state index in [-0.39, 0.29) is 16.5 Å². The van der Waals surface area contributed by atoms with Gasteiger partial charge in [-0.2, -0.15) is 4.72 Å². The van der Waals surface area contributed by atoms with E-state index in [9.17, 15) is 13.2 Å². The highest BCUT2D eigenvalue weighted by Gasteiger charge is 2.48. The molecule has 0 bridgehead atoms. The summed E-state index contributed by atoms with van der Waals surface area (Å²) in [7, 11) is -6.15. The normalized spacial score (nSPS) is 14.3. The van der Waals surface area contributed by atoms with Crippen molar-refractivity contribution >= 4 is 24.1 Å². The predicted molar refractivity (Wildman–Crippen MR) is 99.1 cm³/mol. The quantitative estimate of drug-likeness (QED) is 0.615. The van der Waals surface area contributed by atoms with Crippen molar-refractivity contribution in [1.82, 2.24) is 4.72 Å². The largest absolute Gasteiger partial charge is 0.465 e. The van der Waals surface area contributed by atoms with E-state index in [0.717, 1.165) is 5.56 Å². The maximum Gasteiger partial charge on any atom is 0.321 e. The molecule has 1 aromatic rings. The Hall–Kier alpha value is -1.18. The number of hydrogen-bond donors (Lipinski definition) is 1. The van der Waals surface area contributed by atoms with Crippen LogP contribution >= 0.6 is 0 Å². The van der Waals surface area contributed by atoms with E-state index >= 15 is 0 Å². The molecule has 1 rings (SSSR count). The van der Waals surface area contributed by atoms with E-state index in [4.69, 9.17) is 4.74 Å². The molecule has 0 fully saturated rings. The van der Waals surface area contributed by atoms with E-state index in [1.54, 1.807) is 31.2 Å². The van der Waals surface area contributed by atoms with Gasteiger partial charge in [0, 0.05) is 0 Å². The van der Waals surface area contributed by atoms with Gasteiger partial charge in [-0.15, -0.1) is 0 Å². The molecule has 1 atom stereocenters. The fourth-order valence-electron chi connectivity index (χ4n) is 2.09. The second-order valence-corrected chi connectivity index (χ2v) is 14.8. The zero-order valence-corrected chi connectivity index (χ0v) is 17.5. The summed E-state index contributed by atoms with van der Waals surface area (Å²) in [5, 5.41) is -0.180. The van der Waals surface area contributed by atoms with Crippen molar-refractivity contribution in [3.8, 4) is 0 Å². The van der Waals surface area contributed by atoms with E-state index in [1.165, 1.54) is 0 Å². The molecule has 0 saturated carbocycles. The smallest absolute Gasteiger partial charge is 0.321 e. The first-order valence-corrected chi connectivity index (χ1v) is 12.6. The van der Waals surface area contributed by atoms with Crippen molar-refractivity contribution in [2.45, 2.75) is 63.3 Å². The van der Waals surface area contributed by atoms with Crippen LogP contribution in [0, 0.1) is 6.92 Å².